The van der Waals surface area contributed by atoms with Crippen LogP contribution in [0.15, 0.2) is 96.0 Å². The molecule has 2 amide bonds. The number of phenols is 1. The minimum Gasteiger partial charge on any atom is -0.506 e. The Hall–Kier alpha value is -6.00. The van der Waals surface area contributed by atoms with E-state index in [9.17, 15) is 23.1 Å². The first kappa shape index (κ1) is 47.9. The molecule has 4 aromatic carbocycles. The second kappa shape index (κ2) is 19.8. The number of anilines is 3. The van der Waals surface area contributed by atoms with Crippen LogP contribution >= 0.6 is 0 Å². The van der Waals surface area contributed by atoms with Crippen LogP contribution in [0.5, 0.6) is 17.2 Å². The van der Waals surface area contributed by atoms with E-state index >= 15 is 0 Å². The largest absolute Gasteiger partial charge is 0.506 e. The van der Waals surface area contributed by atoms with Gasteiger partial charge in [-0.1, -0.05) is 75.7 Å². The molecule has 1 aromatic heterocycles. The molecule has 15 heteroatoms. The summed E-state index contributed by atoms with van der Waals surface area (Å²) in [6.45, 7) is 14.1. The number of carbonyl (C=O) groups excluding carboxylic acids is 2. The number of nitrogens with two attached hydrogens (primary N) is 1. The topological polar surface area (TPSA) is 191 Å². The fraction of sp³-hybridized carbons (Fsp3) is 0.353. The van der Waals surface area contributed by atoms with Crippen molar-refractivity contribution in [3.05, 3.63) is 118 Å². The van der Waals surface area contributed by atoms with Gasteiger partial charge in [0.05, 0.1) is 40.0 Å². The number of nitrogens with zero attached hydrogens (tertiary/aromatic N) is 1. The number of aromatic nitrogens is 1. The highest BCUT2D eigenvalue weighted by molar-refractivity contribution is 7.92. The highest BCUT2D eigenvalue weighted by atomic mass is 32.2. The van der Waals surface area contributed by atoms with Crippen LogP contribution in [-0.4, -0.2) is 70.7 Å². The molecule has 7 rings (SSSR count). The zero-order valence-electron chi connectivity index (χ0n) is 38.8. The van der Waals surface area contributed by atoms with Crippen LogP contribution in [0, 0.1) is 0 Å². The lowest BCUT2D eigenvalue weighted by atomic mass is 10.0. The Morgan fingerprint density at radius 2 is 1.77 bits per heavy atom. The van der Waals surface area contributed by atoms with Gasteiger partial charge in [0, 0.05) is 35.3 Å². The number of hydrogen-bond acceptors (Lipinski definition) is 11. The van der Waals surface area contributed by atoms with Crippen LogP contribution in [0.4, 0.5) is 17.1 Å². The number of methoxy groups -OCH3 is 1. The van der Waals surface area contributed by atoms with Gasteiger partial charge in [-0.25, -0.2) is 8.42 Å². The van der Waals surface area contributed by atoms with Crippen molar-refractivity contribution < 1.29 is 37.0 Å². The Bertz CT molecular complexity index is 2860. The van der Waals surface area contributed by atoms with Gasteiger partial charge < -0.3 is 40.7 Å². The molecule has 13 nitrogen and oxygen atoms in total. The lowest BCUT2D eigenvalue weighted by Gasteiger charge is -2.40. The van der Waals surface area contributed by atoms with Gasteiger partial charge in [-0.3, -0.25) is 14.6 Å². The second-order valence-corrected chi connectivity index (χ2v) is 25.5. The second-order valence-electron chi connectivity index (χ2n) is 18.6. The van der Waals surface area contributed by atoms with E-state index in [0.29, 0.717) is 40.0 Å². The Kier molecular flexibility index (Phi) is 14.4. The Morgan fingerprint density at radius 1 is 1.02 bits per heavy atom. The third-order valence-corrected chi connectivity index (χ3v) is 19.3. The van der Waals surface area contributed by atoms with Crippen LogP contribution in [0.1, 0.15) is 81.0 Å². The molecule has 0 saturated heterocycles. The molecule has 0 radical (unpaired) electrons. The molecule has 2 atom stereocenters. The van der Waals surface area contributed by atoms with E-state index in [1.807, 2.05) is 43.3 Å². The standard InChI is InChI=1S/C51H61N5O8SSi/c1-32-25-39(28-41-46(32)54-29-42(50(52)59)47(41)55-36-15-12-16-37(27-36)62-5)65(60,61)38-17-11-14-35(26-38)34-20-18-33(19-21-34)13-9-8-10-24-53-30-44(64-66(6,7)51(2,3)4)40-22-23-43(57)48-49(40)63-31-45(58)56-48/h11-12,14-23,26-29,39,44,53,55,57H,8-10,13,24-25,30-31H2,1-7H3,(H2,52,59)(H,56,58)/t39?,44-/m0/s1. The number of amides is 2. The molecule has 2 aliphatic rings. The Labute approximate surface area is 388 Å². The molecule has 2 heterocycles. The summed E-state index contributed by atoms with van der Waals surface area (Å²) in [6.07, 6.45) is 6.92. The summed E-state index contributed by atoms with van der Waals surface area (Å²) in [4.78, 5) is 29.4. The normalized spacial score (nSPS) is 15.4. The van der Waals surface area contributed by atoms with Gasteiger partial charge in [-0.2, -0.15) is 0 Å². The fourth-order valence-corrected chi connectivity index (χ4v) is 11.1. The summed E-state index contributed by atoms with van der Waals surface area (Å²) in [6, 6.07) is 25.9. The predicted octanol–water partition coefficient (Wildman–Crippen LogP) is 7.90. The van der Waals surface area contributed by atoms with Crippen molar-refractivity contribution in [2.45, 2.75) is 94.2 Å². The summed E-state index contributed by atoms with van der Waals surface area (Å²) in [5.41, 5.74) is 11.8. The smallest absolute Gasteiger partial charge is 0.262 e. The van der Waals surface area contributed by atoms with E-state index < -0.39 is 29.3 Å². The number of aromatic hydroxyl groups is 1. The summed E-state index contributed by atoms with van der Waals surface area (Å²) in [7, 11) is -4.52. The molecule has 6 N–H and O–H groups in total. The molecule has 5 aromatic rings. The van der Waals surface area contributed by atoms with E-state index in [1.54, 1.807) is 49.6 Å². The van der Waals surface area contributed by atoms with Crippen molar-refractivity contribution in [1.82, 2.24) is 10.3 Å². The molecular formula is C51H61N5O8SSi. The zero-order valence-corrected chi connectivity index (χ0v) is 40.6. The number of hydrogen-bond donors (Lipinski definition) is 5. The minimum atomic E-state index is -3.88. The van der Waals surface area contributed by atoms with Gasteiger partial charge in [-0.05, 0) is 116 Å². The summed E-state index contributed by atoms with van der Waals surface area (Å²) in [5, 5.41) is 20.3. The lowest BCUT2D eigenvalue weighted by molar-refractivity contribution is -0.118. The van der Waals surface area contributed by atoms with Crippen molar-refractivity contribution in [2.24, 2.45) is 5.73 Å². The monoisotopic (exact) mass is 931 g/mol. The predicted molar refractivity (Wildman–Crippen MR) is 263 cm³/mol. The quantitative estimate of drug-likeness (QED) is 0.0326. The highest BCUT2D eigenvalue weighted by Crippen LogP contribution is 2.45. The number of fused-ring (bicyclic) bond motifs is 2. The number of unbranched alkanes of at least 4 members (excludes halogenated alkanes) is 2. The molecule has 1 unspecified atom stereocenters. The van der Waals surface area contributed by atoms with Crippen molar-refractivity contribution in [3.8, 4) is 28.4 Å². The number of carbonyl (C=O) groups is 2. The zero-order chi connectivity index (χ0) is 47.4. The van der Waals surface area contributed by atoms with Crippen LogP contribution in [0.3, 0.4) is 0 Å². The van der Waals surface area contributed by atoms with E-state index in [2.05, 4.69) is 66.9 Å². The summed E-state index contributed by atoms with van der Waals surface area (Å²) < 4.78 is 46.9. The number of benzene rings is 4. The number of nitrogens with one attached hydrogen (secondary N) is 3. The van der Waals surface area contributed by atoms with E-state index in [4.69, 9.17) is 19.6 Å². The Balaban J connectivity index is 0.978. The molecule has 0 spiro atoms. The Morgan fingerprint density at radius 3 is 2.50 bits per heavy atom. The first-order chi connectivity index (χ1) is 31.4. The SMILES string of the molecule is COc1cccc(Nc2c(C(N)=O)cnc3c2=CC(S(=O)(=O)c2cccc(-c4ccc(CCCCCNC[C@H](O[Si](C)(C)C(C)(C)C)c5ccc(O)c6c5OCC(=O)N6)cc4)c2)CC=3C)c1. The number of sulfone groups is 1. The van der Waals surface area contributed by atoms with Crippen molar-refractivity contribution in [2.75, 3.05) is 37.4 Å². The average Bonchev–Trinajstić information content (AvgIpc) is 3.28. The molecule has 348 valence electrons. The van der Waals surface area contributed by atoms with Crippen LogP contribution in [-0.2, 0) is 25.5 Å². The van der Waals surface area contributed by atoms with E-state index in [1.165, 1.54) is 11.8 Å². The number of phenolic OH excluding ortho intramolecular Hbond substituents is 1. The van der Waals surface area contributed by atoms with E-state index in [0.717, 1.165) is 54.5 Å². The van der Waals surface area contributed by atoms with Gasteiger partial charge in [0.15, 0.2) is 30.5 Å². The van der Waals surface area contributed by atoms with Gasteiger partial charge in [0.25, 0.3) is 11.8 Å². The fourth-order valence-electron chi connectivity index (χ4n) is 8.10. The molecule has 0 bridgehead atoms. The molecule has 1 aliphatic heterocycles. The molecule has 1 aliphatic carbocycles. The average molecular weight is 932 g/mol. The number of ether oxygens (including phenoxy) is 2. The van der Waals surface area contributed by atoms with Gasteiger partial charge in [-0.15, -0.1) is 0 Å². The number of primary amides is 1. The third kappa shape index (κ3) is 10.7. The first-order valence-corrected chi connectivity index (χ1v) is 26.8. The summed E-state index contributed by atoms with van der Waals surface area (Å²) >= 11 is 0. The van der Waals surface area contributed by atoms with Crippen LogP contribution < -0.4 is 41.7 Å². The molecule has 0 fully saturated rings. The maximum atomic E-state index is 14.4. The molecule has 0 saturated carbocycles. The van der Waals surface area contributed by atoms with Gasteiger partial charge in [0.2, 0.25) is 0 Å². The van der Waals surface area contributed by atoms with E-state index in [-0.39, 0.29) is 52.0 Å². The van der Waals surface area contributed by atoms with Crippen molar-refractivity contribution in [1.29, 1.82) is 0 Å². The maximum Gasteiger partial charge on any atom is 0.262 e. The van der Waals surface area contributed by atoms with Crippen LogP contribution in [0.2, 0.25) is 18.1 Å². The first-order valence-electron chi connectivity index (χ1n) is 22.4. The highest BCUT2D eigenvalue weighted by Gasteiger charge is 2.40. The number of pyridine rings is 1. The third-order valence-electron chi connectivity index (χ3n) is 12.9. The summed E-state index contributed by atoms with van der Waals surface area (Å²) in [5.74, 6) is 0.0329. The van der Waals surface area contributed by atoms with Crippen LogP contribution in [0.25, 0.3) is 22.8 Å². The van der Waals surface area contributed by atoms with Gasteiger partial charge >= 0.3 is 0 Å². The minimum absolute atomic E-state index is 0.0253. The maximum absolute atomic E-state index is 14.4. The number of aryl methyl sites for hydroxylation is 1. The van der Waals surface area contributed by atoms with Crippen molar-refractivity contribution in [3.63, 3.8) is 0 Å². The lowest BCUT2D eigenvalue weighted by Crippen LogP contribution is -2.43. The van der Waals surface area contributed by atoms with Gasteiger partial charge in [0.1, 0.15) is 17.2 Å². The molecule has 66 heavy (non-hydrogen) atoms. The number of rotatable bonds is 18. The van der Waals surface area contributed by atoms with Crippen molar-refractivity contribution >= 4 is 58.7 Å². The molecular weight excluding hydrogens is 871 g/mol.